The van der Waals surface area contributed by atoms with E-state index in [9.17, 15) is 4.79 Å². The molecule has 2 heterocycles. The molecule has 5 heteroatoms. The quantitative estimate of drug-likeness (QED) is 0.916. The molecular weight excluding hydrogens is 288 g/mol. The number of furan rings is 1. The van der Waals surface area contributed by atoms with Crippen molar-refractivity contribution in [2.45, 2.75) is 32.7 Å². The summed E-state index contributed by atoms with van der Waals surface area (Å²) in [6.07, 6.45) is 3.10. The third kappa shape index (κ3) is 3.39. The van der Waals surface area contributed by atoms with Gasteiger partial charge in [-0.3, -0.25) is 4.79 Å². The van der Waals surface area contributed by atoms with Crippen molar-refractivity contribution >= 4 is 29.3 Å². The van der Waals surface area contributed by atoms with Crippen LogP contribution in [0.1, 0.15) is 23.1 Å². The van der Waals surface area contributed by atoms with Crippen LogP contribution in [0.5, 0.6) is 0 Å². The summed E-state index contributed by atoms with van der Waals surface area (Å²) in [5.41, 5.74) is 4.26. The maximum atomic E-state index is 12.1. The molecule has 114 valence electrons. The highest BCUT2D eigenvalue weighted by molar-refractivity contribution is 5.88. The van der Waals surface area contributed by atoms with Crippen LogP contribution >= 0.6 is 12.4 Å². The van der Waals surface area contributed by atoms with Gasteiger partial charge in [0.1, 0.15) is 5.58 Å². The Kier molecular flexibility index (Phi) is 4.91. The number of fused-ring (bicyclic) bond motifs is 1. The Balaban J connectivity index is 0.00000161. The number of aryl methyl sites for hydroxylation is 2. The summed E-state index contributed by atoms with van der Waals surface area (Å²) < 4.78 is 5.56. The summed E-state index contributed by atoms with van der Waals surface area (Å²) in [5, 5.41) is 7.36. The first kappa shape index (κ1) is 15.9. The first-order valence-electron chi connectivity index (χ1n) is 7.11. The molecule has 0 bridgehead atoms. The van der Waals surface area contributed by atoms with E-state index in [0.29, 0.717) is 6.42 Å². The second-order valence-corrected chi connectivity index (χ2v) is 5.63. The van der Waals surface area contributed by atoms with Gasteiger partial charge in [0.15, 0.2) is 0 Å². The van der Waals surface area contributed by atoms with Crippen LogP contribution < -0.4 is 10.6 Å². The van der Waals surface area contributed by atoms with Crippen LogP contribution in [0, 0.1) is 13.8 Å². The number of amides is 1. The molecule has 2 aromatic rings. The number of hydrogen-bond acceptors (Lipinski definition) is 3. The third-order valence-electron chi connectivity index (χ3n) is 4.05. The largest absolute Gasteiger partial charge is 0.464 e. The minimum absolute atomic E-state index is 0. The Hall–Kier alpha value is -1.52. The monoisotopic (exact) mass is 308 g/mol. The first-order chi connectivity index (χ1) is 9.63. The lowest BCUT2D eigenvalue weighted by atomic mass is 10.0. The van der Waals surface area contributed by atoms with E-state index in [1.54, 1.807) is 6.26 Å². The molecule has 3 rings (SSSR count). The molecule has 1 atom stereocenters. The maximum Gasteiger partial charge on any atom is 0.224 e. The molecule has 1 aliphatic heterocycles. The van der Waals surface area contributed by atoms with E-state index >= 15 is 0 Å². The van der Waals surface area contributed by atoms with Crippen LogP contribution in [0.3, 0.4) is 0 Å². The molecule has 1 fully saturated rings. The van der Waals surface area contributed by atoms with Crippen LogP contribution in [0.15, 0.2) is 22.8 Å². The van der Waals surface area contributed by atoms with E-state index in [2.05, 4.69) is 30.5 Å². The predicted octanol–water partition coefficient (Wildman–Crippen LogP) is 2.49. The van der Waals surface area contributed by atoms with Crippen LogP contribution in [0.4, 0.5) is 0 Å². The standard InChI is InChI=1S/C16H20N2O2.ClH/c1-10-5-14-12(9-20-15(14)6-11(10)2)7-16(19)18-13-3-4-17-8-13;/h5-6,9,13,17H,3-4,7-8H2,1-2H3,(H,18,19);1H. The molecule has 0 aliphatic carbocycles. The lowest BCUT2D eigenvalue weighted by molar-refractivity contribution is -0.121. The van der Waals surface area contributed by atoms with Gasteiger partial charge in [-0.15, -0.1) is 12.4 Å². The summed E-state index contributed by atoms with van der Waals surface area (Å²) in [7, 11) is 0. The lowest BCUT2D eigenvalue weighted by Crippen LogP contribution is -2.37. The molecule has 4 nitrogen and oxygen atoms in total. The Morgan fingerprint density at radius 1 is 1.38 bits per heavy atom. The van der Waals surface area contributed by atoms with Crippen molar-refractivity contribution in [1.29, 1.82) is 0 Å². The smallest absolute Gasteiger partial charge is 0.224 e. The molecular formula is C16H21ClN2O2. The highest BCUT2D eigenvalue weighted by atomic mass is 35.5. The van der Waals surface area contributed by atoms with Gasteiger partial charge in [0, 0.05) is 23.5 Å². The number of carbonyl (C=O) groups is 1. The van der Waals surface area contributed by atoms with Gasteiger partial charge in [0.25, 0.3) is 0 Å². The maximum absolute atomic E-state index is 12.1. The summed E-state index contributed by atoms with van der Waals surface area (Å²) in [6, 6.07) is 4.41. The molecule has 1 aromatic carbocycles. The SMILES string of the molecule is Cc1cc2occ(CC(=O)NC3CCNC3)c2cc1C.Cl. The van der Waals surface area contributed by atoms with Gasteiger partial charge in [-0.05, 0) is 50.1 Å². The summed E-state index contributed by atoms with van der Waals surface area (Å²) in [6.45, 7) is 6.00. The topological polar surface area (TPSA) is 54.3 Å². The molecule has 1 amide bonds. The molecule has 0 radical (unpaired) electrons. The summed E-state index contributed by atoms with van der Waals surface area (Å²) in [4.78, 5) is 12.1. The second kappa shape index (κ2) is 6.50. The molecule has 0 saturated carbocycles. The van der Waals surface area contributed by atoms with E-state index in [-0.39, 0.29) is 24.4 Å². The van der Waals surface area contributed by atoms with Crippen molar-refractivity contribution in [3.8, 4) is 0 Å². The fraction of sp³-hybridized carbons (Fsp3) is 0.438. The van der Waals surface area contributed by atoms with Crippen LogP contribution in [-0.2, 0) is 11.2 Å². The average Bonchev–Trinajstić information content (AvgIpc) is 3.02. The number of benzene rings is 1. The zero-order valence-electron chi connectivity index (χ0n) is 12.4. The van der Waals surface area contributed by atoms with Gasteiger partial charge in [-0.2, -0.15) is 0 Å². The first-order valence-corrected chi connectivity index (χ1v) is 7.11. The summed E-state index contributed by atoms with van der Waals surface area (Å²) >= 11 is 0. The Morgan fingerprint density at radius 3 is 2.86 bits per heavy atom. The average molecular weight is 309 g/mol. The minimum Gasteiger partial charge on any atom is -0.464 e. The van der Waals surface area contributed by atoms with E-state index in [4.69, 9.17) is 4.42 Å². The molecule has 0 spiro atoms. The van der Waals surface area contributed by atoms with Crippen molar-refractivity contribution in [3.63, 3.8) is 0 Å². The van der Waals surface area contributed by atoms with Gasteiger partial charge < -0.3 is 15.1 Å². The number of carbonyl (C=O) groups excluding carboxylic acids is 1. The van der Waals surface area contributed by atoms with Gasteiger partial charge in [-0.25, -0.2) is 0 Å². The number of rotatable bonds is 3. The van der Waals surface area contributed by atoms with Crippen LogP contribution in [0.2, 0.25) is 0 Å². The van der Waals surface area contributed by atoms with E-state index in [0.717, 1.165) is 36.0 Å². The molecule has 1 aliphatic rings. The van der Waals surface area contributed by atoms with E-state index in [1.807, 2.05) is 6.07 Å². The van der Waals surface area contributed by atoms with Gasteiger partial charge in [0.05, 0.1) is 12.7 Å². The minimum atomic E-state index is 0. The van der Waals surface area contributed by atoms with Gasteiger partial charge in [-0.1, -0.05) is 0 Å². The highest BCUT2D eigenvalue weighted by Gasteiger charge is 2.18. The molecule has 21 heavy (non-hydrogen) atoms. The number of nitrogens with one attached hydrogen (secondary N) is 2. The third-order valence-corrected chi connectivity index (χ3v) is 4.05. The number of halogens is 1. The Labute approximate surface area is 130 Å². The van der Waals surface area contributed by atoms with Crippen molar-refractivity contribution in [3.05, 3.63) is 35.1 Å². The van der Waals surface area contributed by atoms with Gasteiger partial charge in [0.2, 0.25) is 5.91 Å². The van der Waals surface area contributed by atoms with Crippen LogP contribution in [0.25, 0.3) is 11.0 Å². The highest BCUT2D eigenvalue weighted by Crippen LogP contribution is 2.25. The van der Waals surface area contributed by atoms with Gasteiger partial charge >= 0.3 is 0 Å². The van der Waals surface area contributed by atoms with E-state index < -0.39 is 0 Å². The van der Waals surface area contributed by atoms with Crippen molar-refractivity contribution < 1.29 is 9.21 Å². The van der Waals surface area contributed by atoms with Crippen molar-refractivity contribution in [2.75, 3.05) is 13.1 Å². The normalized spacial score (nSPS) is 17.7. The number of hydrogen-bond donors (Lipinski definition) is 2. The Morgan fingerprint density at radius 2 is 2.14 bits per heavy atom. The lowest BCUT2D eigenvalue weighted by Gasteiger charge is -2.10. The predicted molar refractivity (Wildman–Crippen MR) is 86.1 cm³/mol. The van der Waals surface area contributed by atoms with E-state index in [1.165, 1.54) is 11.1 Å². The van der Waals surface area contributed by atoms with Crippen molar-refractivity contribution in [1.82, 2.24) is 10.6 Å². The summed E-state index contributed by atoms with van der Waals surface area (Å²) in [5.74, 6) is 0.0691. The molecule has 1 saturated heterocycles. The molecule has 1 unspecified atom stereocenters. The fourth-order valence-electron chi connectivity index (χ4n) is 2.70. The van der Waals surface area contributed by atoms with Crippen LogP contribution in [-0.4, -0.2) is 25.0 Å². The second-order valence-electron chi connectivity index (χ2n) is 5.63. The van der Waals surface area contributed by atoms with Crippen molar-refractivity contribution in [2.24, 2.45) is 0 Å². The zero-order valence-corrected chi connectivity index (χ0v) is 13.2. The zero-order chi connectivity index (χ0) is 14.1. The molecule has 1 aromatic heterocycles. The Bertz CT molecular complexity index is 645. The molecule has 2 N–H and O–H groups in total. The fourth-order valence-corrected chi connectivity index (χ4v) is 2.70.